The maximum absolute atomic E-state index is 12.5. The maximum atomic E-state index is 12.5. The topological polar surface area (TPSA) is 64.2 Å². The fraction of sp³-hybridized carbons (Fsp3) is 0.714. The van der Waals surface area contributed by atoms with Crippen LogP contribution in [0.4, 0.5) is 0 Å². The number of aromatic nitrogens is 2. The summed E-state index contributed by atoms with van der Waals surface area (Å²) in [4.78, 5) is 14.4. The molecule has 1 aliphatic heterocycles. The molecule has 0 aromatic carbocycles. The predicted octanol–water partition coefficient (Wildman–Crippen LogP) is 1.87. The summed E-state index contributed by atoms with van der Waals surface area (Å²) >= 11 is 0. The maximum Gasteiger partial charge on any atom is 0.257 e. The number of likely N-dealkylation sites (tertiary alicyclic amines) is 1. The van der Waals surface area contributed by atoms with E-state index in [2.05, 4.69) is 32.8 Å². The highest BCUT2D eigenvalue weighted by Gasteiger charge is 2.32. The van der Waals surface area contributed by atoms with Gasteiger partial charge < -0.3 is 10.6 Å². The smallest absolute Gasteiger partial charge is 0.257 e. The molecule has 1 saturated heterocycles. The number of nitrogens with zero attached hydrogens (tertiary/aromatic N) is 3. The van der Waals surface area contributed by atoms with Gasteiger partial charge in [-0.05, 0) is 46.6 Å². The number of hydrogen-bond donors (Lipinski definition) is 1. The molecule has 0 saturated carbocycles. The van der Waals surface area contributed by atoms with Crippen molar-refractivity contribution in [1.29, 1.82) is 0 Å². The van der Waals surface area contributed by atoms with Crippen molar-refractivity contribution in [1.82, 2.24) is 14.7 Å². The first-order valence-electron chi connectivity index (χ1n) is 6.89. The van der Waals surface area contributed by atoms with Crippen LogP contribution in [0.25, 0.3) is 0 Å². The number of carbonyl (C=O) groups is 1. The van der Waals surface area contributed by atoms with E-state index in [1.54, 1.807) is 6.20 Å². The van der Waals surface area contributed by atoms with Crippen LogP contribution in [0.2, 0.25) is 0 Å². The van der Waals surface area contributed by atoms with Gasteiger partial charge in [-0.15, -0.1) is 12.4 Å². The third-order valence-electron chi connectivity index (χ3n) is 3.77. The largest absolute Gasteiger partial charge is 0.336 e. The molecule has 5 nitrogen and oxygen atoms in total. The third kappa shape index (κ3) is 3.33. The number of amides is 1. The Morgan fingerprint density at radius 1 is 1.50 bits per heavy atom. The molecule has 20 heavy (non-hydrogen) atoms. The third-order valence-corrected chi connectivity index (χ3v) is 3.77. The number of hydrogen-bond acceptors (Lipinski definition) is 3. The quantitative estimate of drug-likeness (QED) is 0.907. The van der Waals surface area contributed by atoms with Crippen LogP contribution in [0.3, 0.4) is 0 Å². The predicted molar refractivity (Wildman–Crippen MR) is 82.1 cm³/mol. The Bertz CT molecular complexity index is 466. The lowest BCUT2D eigenvalue weighted by Gasteiger charge is -2.21. The van der Waals surface area contributed by atoms with Crippen LogP contribution in [0.5, 0.6) is 0 Å². The molecule has 2 rings (SSSR count). The number of halogens is 1. The summed E-state index contributed by atoms with van der Waals surface area (Å²) in [6.45, 7) is 9.69. The monoisotopic (exact) mass is 300 g/mol. The van der Waals surface area contributed by atoms with Gasteiger partial charge in [-0.3, -0.25) is 9.48 Å². The molecule has 114 valence electrons. The molecule has 0 spiro atoms. The van der Waals surface area contributed by atoms with Crippen LogP contribution in [0.15, 0.2) is 12.4 Å². The highest BCUT2D eigenvalue weighted by molar-refractivity contribution is 5.94. The summed E-state index contributed by atoms with van der Waals surface area (Å²) in [7, 11) is 0. The number of carbonyl (C=O) groups excluding carboxylic acids is 1. The first kappa shape index (κ1) is 17.0. The molecular formula is C14H25ClN4O. The minimum absolute atomic E-state index is 0. The first-order chi connectivity index (χ1) is 8.82. The molecule has 0 aliphatic carbocycles. The van der Waals surface area contributed by atoms with E-state index in [1.807, 2.05) is 15.8 Å². The Balaban J connectivity index is 0.00000200. The lowest BCUT2D eigenvalue weighted by Crippen LogP contribution is -2.34. The molecule has 1 amide bonds. The first-order valence-corrected chi connectivity index (χ1v) is 6.89. The fourth-order valence-corrected chi connectivity index (χ4v) is 2.56. The summed E-state index contributed by atoms with van der Waals surface area (Å²) in [5, 5.41) is 4.29. The second-order valence-corrected chi connectivity index (χ2v) is 6.49. The molecule has 0 radical (unpaired) electrons. The van der Waals surface area contributed by atoms with Crippen molar-refractivity contribution >= 4 is 18.3 Å². The summed E-state index contributed by atoms with van der Waals surface area (Å²) < 4.78 is 1.83. The summed E-state index contributed by atoms with van der Waals surface area (Å²) in [6, 6.07) is 0.263. The Labute approximate surface area is 126 Å². The Morgan fingerprint density at radius 3 is 2.60 bits per heavy atom. The van der Waals surface area contributed by atoms with Crippen LogP contribution in [-0.4, -0.2) is 39.7 Å². The lowest BCUT2D eigenvalue weighted by molar-refractivity contribution is 0.0743. The average molecular weight is 301 g/mol. The van der Waals surface area contributed by atoms with Gasteiger partial charge in [-0.2, -0.15) is 5.10 Å². The van der Waals surface area contributed by atoms with Crippen molar-refractivity contribution in [2.75, 3.05) is 13.1 Å². The van der Waals surface area contributed by atoms with Crippen LogP contribution >= 0.6 is 12.4 Å². The van der Waals surface area contributed by atoms with Crippen molar-refractivity contribution in [2.45, 2.75) is 45.7 Å². The molecule has 1 fully saturated rings. The molecule has 6 heteroatoms. The van der Waals surface area contributed by atoms with Gasteiger partial charge in [-0.25, -0.2) is 0 Å². The average Bonchev–Trinajstić information content (AvgIpc) is 2.93. The molecule has 1 aromatic rings. The van der Waals surface area contributed by atoms with Crippen molar-refractivity contribution < 1.29 is 4.79 Å². The van der Waals surface area contributed by atoms with Gasteiger partial charge in [0, 0.05) is 18.8 Å². The molecule has 2 N–H and O–H groups in total. The Hall–Kier alpha value is -1.07. The van der Waals surface area contributed by atoms with Gasteiger partial charge in [0.2, 0.25) is 0 Å². The van der Waals surface area contributed by atoms with E-state index in [0.29, 0.717) is 18.0 Å². The van der Waals surface area contributed by atoms with E-state index >= 15 is 0 Å². The van der Waals surface area contributed by atoms with Gasteiger partial charge in [0.25, 0.3) is 5.91 Å². The molecule has 2 heterocycles. The molecule has 0 bridgehead atoms. The Morgan fingerprint density at radius 2 is 2.15 bits per heavy atom. The molecular weight excluding hydrogens is 276 g/mol. The van der Waals surface area contributed by atoms with Crippen molar-refractivity contribution in [3.63, 3.8) is 0 Å². The molecule has 2 unspecified atom stereocenters. The number of nitrogens with two attached hydrogens (primary N) is 1. The second-order valence-electron chi connectivity index (χ2n) is 6.49. The van der Waals surface area contributed by atoms with E-state index in [0.717, 1.165) is 13.0 Å². The van der Waals surface area contributed by atoms with Gasteiger partial charge in [0.1, 0.15) is 0 Å². The van der Waals surface area contributed by atoms with Crippen LogP contribution in [-0.2, 0) is 5.54 Å². The molecule has 2 atom stereocenters. The van der Waals surface area contributed by atoms with E-state index in [-0.39, 0.29) is 29.9 Å². The highest BCUT2D eigenvalue weighted by Crippen LogP contribution is 2.24. The zero-order valence-electron chi connectivity index (χ0n) is 12.7. The summed E-state index contributed by atoms with van der Waals surface area (Å²) in [5.41, 5.74) is 6.27. The van der Waals surface area contributed by atoms with E-state index < -0.39 is 0 Å². The van der Waals surface area contributed by atoms with Gasteiger partial charge in [0.15, 0.2) is 0 Å². The fourth-order valence-electron chi connectivity index (χ4n) is 2.56. The van der Waals surface area contributed by atoms with Crippen molar-refractivity contribution in [3.05, 3.63) is 18.0 Å². The van der Waals surface area contributed by atoms with E-state index in [9.17, 15) is 4.79 Å². The van der Waals surface area contributed by atoms with Gasteiger partial charge >= 0.3 is 0 Å². The van der Waals surface area contributed by atoms with Gasteiger partial charge in [-0.1, -0.05) is 0 Å². The summed E-state index contributed by atoms with van der Waals surface area (Å²) in [5.74, 6) is 0.496. The molecule has 1 aromatic heterocycles. The van der Waals surface area contributed by atoms with Crippen molar-refractivity contribution in [3.8, 4) is 0 Å². The van der Waals surface area contributed by atoms with Crippen LogP contribution < -0.4 is 5.73 Å². The van der Waals surface area contributed by atoms with Gasteiger partial charge in [0.05, 0.1) is 17.3 Å². The standard InChI is InChI=1S/C14H24N4O.ClH/c1-10-5-11(6-15)8-17(10)13(19)12-7-16-18(9-12)14(2,3)4;/h7,9-11H,5-6,8,15H2,1-4H3;1H. The van der Waals surface area contributed by atoms with Crippen molar-refractivity contribution in [2.24, 2.45) is 11.7 Å². The minimum atomic E-state index is -0.102. The summed E-state index contributed by atoms with van der Waals surface area (Å²) in [6.07, 6.45) is 4.50. The SMILES string of the molecule is CC1CC(CN)CN1C(=O)c1cnn(C(C)(C)C)c1.Cl. The zero-order valence-corrected chi connectivity index (χ0v) is 13.5. The molecule has 1 aliphatic rings. The second kappa shape index (κ2) is 6.14. The number of rotatable bonds is 2. The van der Waals surface area contributed by atoms with E-state index in [1.165, 1.54) is 0 Å². The normalized spacial score (nSPS) is 22.8. The Kier molecular flexibility index (Phi) is 5.21. The minimum Gasteiger partial charge on any atom is -0.336 e. The zero-order chi connectivity index (χ0) is 14.2. The van der Waals surface area contributed by atoms with Crippen LogP contribution in [0, 0.1) is 5.92 Å². The lowest BCUT2D eigenvalue weighted by atomic mass is 10.1. The van der Waals surface area contributed by atoms with E-state index in [4.69, 9.17) is 5.73 Å². The highest BCUT2D eigenvalue weighted by atomic mass is 35.5. The van der Waals surface area contributed by atoms with Crippen LogP contribution in [0.1, 0.15) is 44.5 Å².